The molecule has 0 aromatic rings. The van der Waals surface area contributed by atoms with E-state index in [0.717, 1.165) is 6.42 Å². The first-order chi connectivity index (χ1) is 7.20. The molecule has 98 valence electrons. The highest BCUT2D eigenvalue weighted by atomic mass is 32.2. The second-order valence-corrected chi connectivity index (χ2v) is 7.77. The molecule has 16 heavy (non-hydrogen) atoms. The fourth-order valence-corrected chi connectivity index (χ4v) is 2.65. The minimum Gasteiger partial charge on any atom is -0.598 e. The van der Waals surface area contributed by atoms with Gasteiger partial charge in [0.1, 0.15) is 4.75 Å². The van der Waals surface area contributed by atoms with Crippen LogP contribution in [0.5, 0.6) is 0 Å². The Morgan fingerprint density at radius 1 is 1.25 bits per heavy atom. The second-order valence-electron chi connectivity index (χ2n) is 5.77. The predicted molar refractivity (Wildman–Crippen MR) is 72.5 cm³/mol. The molecule has 0 rings (SSSR count). The molecule has 0 amide bonds. The molecule has 0 heterocycles. The third-order valence-electron chi connectivity index (χ3n) is 2.85. The fraction of sp³-hybridized carbons (Fsp3) is 1.00. The van der Waals surface area contributed by atoms with Gasteiger partial charge < -0.3 is 10.3 Å². The molecular weight excluding hydrogens is 220 g/mol. The lowest BCUT2D eigenvalue weighted by Gasteiger charge is -2.32. The topological polar surface area (TPSA) is 61.1 Å². The van der Waals surface area contributed by atoms with Crippen molar-refractivity contribution < 1.29 is 4.55 Å². The zero-order valence-electron chi connectivity index (χ0n) is 11.5. The van der Waals surface area contributed by atoms with Crippen molar-refractivity contribution in [1.82, 2.24) is 4.72 Å². The van der Waals surface area contributed by atoms with E-state index in [2.05, 4.69) is 25.5 Å². The molecule has 0 fully saturated rings. The summed E-state index contributed by atoms with van der Waals surface area (Å²) in [5, 5.41) is 0. The Hall–Kier alpha value is 0.230. The molecule has 0 saturated heterocycles. The normalized spacial score (nSPS) is 18.6. The maximum atomic E-state index is 12.0. The van der Waals surface area contributed by atoms with Gasteiger partial charge in [-0.1, -0.05) is 13.8 Å². The molecule has 0 saturated carbocycles. The van der Waals surface area contributed by atoms with Crippen molar-refractivity contribution in [3.63, 3.8) is 0 Å². The minimum absolute atomic E-state index is 0.210. The largest absolute Gasteiger partial charge is 0.598 e. The summed E-state index contributed by atoms with van der Waals surface area (Å²) in [5.41, 5.74) is 5.62. The summed E-state index contributed by atoms with van der Waals surface area (Å²) < 4.78 is 15.0. The number of nitrogens with two attached hydrogens (primary N) is 1. The van der Waals surface area contributed by atoms with Crippen LogP contribution in [0.25, 0.3) is 0 Å². The lowest BCUT2D eigenvalue weighted by atomic mass is 9.87. The Morgan fingerprint density at radius 2 is 1.75 bits per heavy atom. The Balaban J connectivity index is 4.35. The van der Waals surface area contributed by atoms with Gasteiger partial charge in [0.2, 0.25) is 0 Å². The van der Waals surface area contributed by atoms with Gasteiger partial charge in [0.25, 0.3) is 0 Å². The van der Waals surface area contributed by atoms with Crippen molar-refractivity contribution in [2.45, 2.75) is 58.8 Å². The van der Waals surface area contributed by atoms with Crippen LogP contribution in [0.15, 0.2) is 0 Å². The van der Waals surface area contributed by atoms with Crippen LogP contribution in [-0.4, -0.2) is 21.9 Å². The Morgan fingerprint density at radius 3 is 2.06 bits per heavy atom. The summed E-state index contributed by atoms with van der Waals surface area (Å²) in [5.74, 6) is 1.04. The predicted octanol–water partition coefficient (Wildman–Crippen LogP) is 2.05. The minimum atomic E-state index is -0.999. The summed E-state index contributed by atoms with van der Waals surface area (Å²) in [7, 11) is 0. The maximum Gasteiger partial charge on any atom is 0.136 e. The summed E-state index contributed by atoms with van der Waals surface area (Å²) >= 11 is -0.999. The number of hydrogen-bond acceptors (Lipinski definition) is 3. The Labute approximate surface area is 104 Å². The van der Waals surface area contributed by atoms with E-state index in [4.69, 9.17) is 5.73 Å². The zero-order chi connectivity index (χ0) is 12.9. The maximum absolute atomic E-state index is 12.0. The van der Waals surface area contributed by atoms with Crippen LogP contribution in [0.3, 0.4) is 0 Å². The van der Waals surface area contributed by atoms with E-state index >= 15 is 0 Å². The van der Waals surface area contributed by atoms with E-state index in [-0.39, 0.29) is 10.8 Å². The lowest BCUT2D eigenvalue weighted by molar-refractivity contribution is 0.298. The molecule has 0 aromatic heterocycles. The SMILES string of the molecule is CC(C)C(CCN)[C@@H](C)N[S+]([O-])C(C)(C)C. The third-order valence-corrected chi connectivity index (χ3v) is 4.55. The van der Waals surface area contributed by atoms with Gasteiger partial charge in [-0.15, -0.1) is 4.72 Å². The molecule has 2 unspecified atom stereocenters. The van der Waals surface area contributed by atoms with Crippen LogP contribution in [0.4, 0.5) is 0 Å². The van der Waals surface area contributed by atoms with Crippen LogP contribution in [0, 0.1) is 11.8 Å². The molecule has 0 aliphatic heterocycles. The van der Waals surface area contributed by atoms with Gasteiger partial charge in [-0.3, -0.25) is 0 Å². The summed E-state index contributed by atoms with van der Waals surface area (Å²) in [6.45, 7) is 13.1. The second kappa shape index (κ2) is 6.84. The Bertz CT molecular complexity index is 192. The van der Waals surface area contributed by atoms with E-state index in [9.17, 15) is 4.55 Å². The average molecular weight is 248 g/mol. The van der Waals surface area contributed by atoms with E-state index in [1.54, 1.807) is 0 Å². The molecule has 0 aliphatic carbocycles. The number of rotatable bonds is 6. The zero-order valence-corrected chi connectivity index (χ0v) is 12.4. The van der Waals surface area contributed by atoms with E-state index < -0.39 is 11.4 Å². The molecule has 0 aromatic carbocycles. The van der Waals surface area contributed by atoms with Gasteiger partial charge in [0.05, 0.1) is 6.04 Å². The van der Waals surface area contributed by atoms with Crippen molar-refractivity contribution in [3.8, 4) is 0 Å². The Kier molecular flexibility index (Phi) is 6.94. The van der Waals surface area contributed by atoms with E-state index in [1.165, 1.54) is 0 Å². The van der Waals surface area contributed by atoms with Crippen LogP contribution in [0.2, 0.25) is 0 Å². The van der Waals surface area contributed by atoms with Gasteiger partial charge >= 0.3 is 0 Å². The molecule has 0 radical (unpaired) electrons. The van der Waals surface area contributed by atoms with Crippen molar-refractivity contribution in [1.29, 1.82) is 0 Å². The third kappa shape index (κ3) is 5.53. The van der Waals surface area contributed by atoms with Gasteiger partial charge in [-0.2, -0.15) is 0 Å². The van der Waals surface area contributed by atoms with Crippen molar-refractivity contribution in [2.75, 3.05) is 6.54 Å². The number of hydrogen-bond donors (Lipinski definition) is 2. The molecule has 4 heteroatoms. The van der Waals surface area contributed by atoms with Crippen molar-refractivity contribution in [2.24, 2.45) is 17.6 Å². The van der Waals surface area contributed by atoms with Crippen LogP contribution < -0.4 is 10.5 Å². The highest BCUT2D eigenvalue weighted by Gasteiger charge is 2.31. The first-order valence-electron chi connectivity index (χ1n) is 6.08. The monoisotopic (exact) mass is 248 g/mol. The van der Waals surface area contributed by atoms with Crippen molar-refractivity contribution >= 4 is 11.4 Å². The fourth-order valence-electron chi connectivity index (χ4n) is 1.79. The summed E-state index contributed by atoms with van der Waals surface area (Å²) in [6.07, 6.45) is 0.979. The quantitative estimate of drug-likeness (QED) is 0.707. The highest BCUT2D eigenvalue weighted by molar-refractivity contribution is 7.90. The van der Waals surface area contributed by atoms with Crippen LogP contribution in [-0.2, 0) is 11.4 Å². The van der Waals surface area contributed by atoms with Gasteiger partial charge in [0.15, 0.2) is 0 Å². The molecule has 3 nitrogen and oxygen atoms in total. The molecule has 0 bridgehead atoms. The number of nitrogens with one attached hydrogen (secondary N) is 1. The first kappa shape index (κ1) is 16.2. The van der Waals surface area contributed by atoms with Gasteiger partial charge in [-0.25, -0.2) is 0 Å². The standard InChI is InChI=1S/C12H28N2OS/c1-9(2)11(7-8-13)10(3)14-16(15)12(4,5)6/h9-11,14H,7-8,13H2,1-6H3/t10-,11?,16?/m1/s1. The summed E-state index contributed by atoms with van der Waals surface area (Å²) in [6, 6.07) is 0.239. The van der Waals surface area contributed by atoms with Gasteiger partial charge in [-0.05, 0) is 52.5 Å². The first-order valence-corrected chi connectivity index (χ1v) is 7.23. The van der Waals surface area contributed by atoms with E-state index in [1.807, 2.05) is 20.8 Å². The smallest absolute Gasteiger partial charge is 0.136 e. The van der Waals surface area contributed by atoms with Crippen LogP contribution in [0.1, 0.15) is 48.0 Å². The molecule has 3 atom stereocenters. The van der Waals surface area contributed by atoms with E-state index in [0.29, 0.717) is 18.4 Å². The summed E-state index contributed by atoms with van der Waals surface area (Å²) in [4.78, 5) is 0. The molecule has 3 N–H and O–H groups in total. The highest BCUT2D eigenvalue weighted by Crippen LogP contribution is 2.22. The van der Waals surface area contributed by atoms with Crippen molar-refractivity contribution in [3.05, 3.63) is 0 Å². The lowest BCUT2D eigenvalue weighted by Crippen LogP contribution is -2.47. The van der Waals surface area contributed by atoms with Gasteiger partial charge in [0, 0.05) is 11.4 Å². The molecule has 0 spiro atoms. The average Bonchev–Trinajstić information content (AvgIpc) is 2.11. The molecule has 0 aliphatic rings. The van der Waals surface area contributed by atoms with Crippen LogP contribution >= 0.6 is 0 Å². The molecular formula is C12H28N2OS.